The number of halogens is 3. The van der Waals surface area contributed by atoms with Crippen LogP contribution in [0.1, 0.15) is 6.92 Å². The number of sulfonamides is 1. The molecule has 9 heteroatoms. The van der Waals surface area contributed by atoms with Crippen LogP contribution in [0.15, 0.2) is 17.0 Å². The van der Waals surface area contributed by atoms with Crippen LogP contribution >= 0.6 is 35.0 Å². The summed E-state index contributed by atoms with van der Waals surface area (Å²) < 4.78 is 39.8. The summed E-state index contributed by atoms with van der Waals surface area (Å²) in [5.74, 6) is -0.648. The first-order valence-corrected chi connectivity index (χ1v) is 9.08. The molecule has 4 nitrogen and oxygen atoms in total. The van der Waals surface area contributed by atoms with Crippen LogP contribution in [0.5, 0.6) is 0 Å². The predicted molar refractivity (Wildman–Crippen MR) is 80.6 cm³/mol. The van der Waals surface area contributed by atoms with E-state index in [1.54, 1.807) is 6.26 Å². The first-order chi connectivity index (χ1) is 9.10. The molecule has 0 bridgehead atoms. The van der Waals surface area contributed by atoms with E-state index in [-0.39, 0.29) is 11.6 Å². The molecule has 2 N–H and O–H groups in total. The zero-order valence-corrected chi connectivity index (χ0v) is 13.9. The van der Waals surface area contributed by atoms with Gasteiger partial charge in [-0.15, -0.1) is 0 Å². The van der Waals surface area contributed by atoms with Gasteiger partial charge in [0.2, 0.25) is 10.0 Å². The molecule has 114 valence electrons. The van der Waals surface area contributed by atoms with Crippen LogP contribution in [-0.4, -0.2) is 37.7 Å². The van der Waals surface area contributed by atoms with Crippen molar-refractivity contribution in [2.45, 2.75) is 17.4 Å². The van der Waals surface area contributed by atoms with Crippen molar-refractivity contribution in [1.29, 1.82) is 0 Å². The lowest BCUT2D eigenvalue weighted by Crippen LogP contribution is -2.42. The number of hydrogen-bond donors (Lipinski definition) is 2. The lowest BCUT2D eigenvalue weighted by Gasteiger charge is -2.22. The highest BCUT2D eigenvalue weighted by Gasteiger charge is 2.26. The van der Waals surface area contributed by atoms with Gasteiger partial charge in [0.05, 0.1) is 15.6 Å². The molecular weight excluding hydrogens is 348 g/mol. The molecule has 0 aliphatic carbocycles. The average Bonchev–Trinajstić information content (AvgIpc) is 2.34. The van der Waals surface area contributed by atoms with Gasteiger partial charge in [-0.1, -0.05) is 23.2 Å². The predicted octanol–water partition coefficient (Wildman–Crippen LogP) is 2.52. The molecule has 0 amide bonds. The molecule has 0 spiro atoms. The Hall–Kier alpha value is -0.0500. The number of rotatable bonds is 6. The van der Waals surface area contributed by atoms with E-state index in [4.69, 9.17) is 23.2 Å². The molecule has 0 aliphatic heterocycles. The fourth-order valence-corrected chi connectivity index (χ4v) is 4.03. The highest BCUT2D eigenvalue weighted by atomic mass is 35.5. The second-order valence-corrected chi connectivity index (χ2v) is 7.81. The number of aliphatic hydroxyl groups is 1. The topological polar surface area (TPSA) is 66.4 Å². The Morgan fingerprint density at radius 1 is 1.45 bits per heavy atom. The van der Waals surface area contributed by atoms with Crippen LogP contribution in [0, 0.1) is 5.82 Å². The highest BCUT2D eigenvalue weighted by molar-refractivity contribution is 7.98. The van der Waals surface area contributed by atoms with E-state index in [2.05, 4.69) is 4.72 Å². The molecule has 0 saturated carbocycles. The highest BCUT2D eigenvalue weighted by Crippen LogP contribution is 2.29. The van der Waals surface area contributed by atoms with Crippen molar-refractivity contribution in [3.8, 4) is 0 Å². The molecule has 1 rings (SSSR count). The van der Waals surface area contributed by atoms with Crippen molar-refractivity contribution in [1.82, 2.24) is 4.72 Å². The lowest BCUT2D eigenvalue weighted by atomic mass is 10.1. The van der Waals surface area contributed by atoms with E-state index < -0.39 is 31.4 Å². The van der Waals surface area contributed by atoms with E-state index in [1.165, 1.54) is 18.7 Å². The second-order valence-electron chi connectivity index (χ2n) is 4.43. The van der Waals surface area contributed by atoms with Crippen molar-refractivity contribution < 1.29 is 17.9 Å². The van der Waals surface area contributed by atoms with Gasteiger partial charge in [-0.2, -0.15) is 11.8 Å². The van der Waals surface area contributed by atoms with Gasteiger partial charge in [-0.05, 0) is 25.3 Å². The van der Waals surface area contributed by atoms with E-state index in [0.29, 0.717) is 5.75 Å². The zero-order chi connectivity index (χ0) is 15.6. The Bertz CT molecular complexity index is 594. The van der Waals surface area contributed by atoms with Gasteiger partial charge in [-0.25, -0.2) is 17.5 Å². The zero-order valence-electron chi connectivity index (χ0n) is 10.8. The molecular formula is C11H14Cl2FNO3S2. The maximum Gasteiger partial charge on any atom is 0.242 e. The fraction of sp³-hybridized carbons (Fsp3) is 0.455. The third-order valence-electron chi connectivity index (χ3n) is 2.39. The molecule has 0 aromatic heterocycles. The summed E-state index contributed by atoms with van der Waals surface area (Å²) in [6, 6.07) is 2.22. The van der Waals surface area contributed by atoms with Crippen LogP contribution in [0.25, 0.3) is 0 Å². The third kappa shape index (κ3) is 4.47. The Balaban J connectivity index is 2.99. The van der Waals surface area contributed by atoms with Crippen LogP contribution in [0.2, 0.25) is 10.0 Å². The first-order valence-electron chi connectivity index (χ1n) is 5.45. The number of hydrogen-bond acceptors (Lipinski definition) is 4. The van der Waals surface area contributed by atoms with Gasteiger partial charge >= 0.3 is 0 Å². The summed E-state index contributed by atoms with van der Waals surface area (Å²) in [4.78, 5) is -0.416. The van der Waals surface area contributed by atoms with Crippen molar-refractivity contribution in [3.63, 3.8) is 0 Å². The SMILES string of the molecule is CSCC(C)(O)CNS(=O)(=O)c1ccc(Cl)c(F)c1Cl. The Morgan fingerprint density at radius 2 is 2.05 bits per heavy atom. The monoisotopic (exact) mass is 361 g/mol. The Labute approximate surface area is 131 Å². The minimum absolute atomic E-state index is 0.212. The molecule has 1 unspecified atom stereocenters. The quantitative estimate of drug-likeness (QED) is 0.764. The Kier molecular flexibility index (Phi) is 6.13. The molecule has 0 fully saturated rings. The molecule has 1 aromatic carbocycles. The fourth-order valence-electron chi connectivity index (χ4n) is 1.41. The molecule has 0 radical (unpaired) electrons. The lowest BCUT2D eigenvalue weighted by molar-refractivity contribution is 0.0908. The summed E-state index contributed by atoms with van der Waals surface area (Å²) in [5.41, 5.74) is -1.22. The standard InChI is InChI=1S/C11H14Cl2FNO3S2/c1-11(16,6-19-2)5-15-20(17,18)8-4-3-7(12)10(14)9(8)13/h3-4,15-16H,5-6H2,1-2H3. The minimum atomic E-state index is -4.03. The summed E-state index contributed by atoms with van der Waals surface area (Å²) in [6.45, 7) is 1.28. The second kappa shape index (κ2) is 6.81. The summed E-state index contributed by atoms with van der Waals surface area (Å²) >= 11 is 12.5. The van der Waals surface area contributed by atoms with Gasteiger partial charge in [0.1, 0.15) is 4.90 Å². The average molecular weight is 362 g/mol. The normalized spacial score (nSPS) is 15.1. The van der Waals surface area contributed by atoms with E-state index in [9.17, 15) is 17.9 Å². The molecule has 0 heterocycles. The van der Waals surface area contributed by atoms with Crippen LogP contribution in [0.3, 0.4) is 0 Å². The van der Waals surface area contributed by atoms with Crippen molar-refractivity contribution >= 4 is 45.0 Å². The van der Waals surface area contributed by atoms with E-state index in [1.807, 2.05) is 0 Å². The number of thioether (sulfide) groups is 1. The number of benzene rings is 1. The van der Waals surface area contributed by atoms with Crippen molar-refractivity contribution in [2.24, 2.45) is 0 Å². The van der Waals surface area contributed by atoms with Crippen LogP contribution in [-0.2, 0) is 10.0 Å². The van der Waals surface area contributed by atoms with Gasteiger partial charge in [0, 0.05) is 12.3 Å². The van der Waals surface area contributed by atoms with Gasteiger partial charge in [-0.3, -0.25) is 0 Å². The molecule has 20 heavy (non-hydrogen) atoms. The van der Waals surface area contributed by atoms with Crippen LogP contribution in [0.4, 0.5) is 4.39 Å². The summed E-state index contributed by atoms with van der Waals surface area (Å²) in [6.07, 6.45) is 1.79. The first kappa shape index (κ1) is 18.0. The summed E-state index contributed by atoms with van der Waals surface area (Å²) in [7, 11) is -4.03. The molecule has 1 aromatic rings. The molecule has 0 saturated heterocycles. The third-order valence-corrected chi connectivity index (χ3v) is 5.52. The van der Waals surface area contributed by atoms with Crippen molar-refractivity contribution in [2.75, 3.05) is 18.6 Å². The molecule has 0 aliphatic rings. The largest absolute Gasteiger partial charge is 0.388 e. The Morgan fingerprint density at radius 3 is 2.60 bits per heavy atom. The van der Waals surface area contributed by atoms with Crippen molar-refractivity contribution in [3.05, 3.63) is 28.0 Å². The minimum Gasteiger partial charge on any atom is -0.388 e. The van der Waals surface area contributed by atoms with Crippen LogP contribution < -0.4 is 4.72 Å². The number of nitrogens with one attached hydrogen (secondary N) is 1. The van der Waals surface area contributed by atoms with Gasteiger partial charge in [0.25, 0.3) is 0 Å². The van der Waals surface area contributed by atoms with Gasteiger partial charge < -0.3 is 5.11 Å². The molecule has 1 atom stereocenters. The van der Waals surface area contributed by atoms with Gasteiger partial charge in [0.15, 0.2) is 5.82 Å². The maximum absolute atomic E-state index is 13.5. The smallest absolute Gasteiger partial charge is 0.242 e. The summed E-state index contributed by atoms with van der Waals surface area (Å²) in [5, 5.41) is 9.08. The maximum atomic E-state index is 13.5. The van der Waals surface area contributed by atoms with E-state index >= 15 is 0 Å². The van der Waals surface area contributed by atoms with E-state index in [0.717, 1.165) is 12.1 Å².